The molecule has 2 fully saturated rings. The van der Waals surface area contributed by atoms with Crippen molar-refractivity contribution in [2.75, 3.05) is 33.7 Å². The summed E-state index contributed by atoms with van der Waals surface area (Å²) >= 11 is 0. The normalized spacial score (nSPS) is 27.8. The van der Waals surface area contributed by atoms with Crippen LogP contribution in [0, 0.1) is 5.92 Å². The average Bonchev–Trinajstić information content (AvgIpc) is 2.35. The van der Waals surface area contributed by atoms with E-state index >= 15 is 0 Å². The van der Waals surface area contributed by atoms with Crippen LogP contribution in [-0.2, 0) is 9.59 Å². The fraction of sp³-hybridized carbons (Fsp3) is 0.857. The zero-order chi connectivity index (χ0) is 14.2. The summed E-state index contributed by atoms with van der Waals surface area (Å²) in [6.07, 6.45) is 2.10. The van der Waals surface area contributed by atoms with Crippen LogP contribution < -0.4 is 0 Å². The molecule has 2 aliphatic heterocycles. The summed E-state index contributed by atoms with van der Waals surface area (Å²) in [4.78, 5) is 29.9. The van der Waals surface area contributed by atoms with Crippen molar-refractivity contribution in [1.82, 2.24) is 14.7 Å². The van der Waals surface area contributed by atoms with Crippen molar-refractivity contribution in [3.05, 3.63) is 0 Å². The van der Waals surface area contributed by atoms with Crippen LogP contribution in [0.25, 0.3) is 0 Å². The quantitative estimate of drug-likeness (QED) is 0.744. The average molecular weight is 267 g/mol. The third-order valence-electron chi connectivity index (χ3n) is 4.32. The Labute approximate surface area is 115 Å². The van der Waals surface area contributed by atoms with Crippen molar-refractivity contribution < 1.29 is 9.59 Å². The van der Waals surface area contributed by atoms with Crippen LogP contribution in [0.5, 0.6) is 0 Å². The van der Waals surface area contributed by atoms with Crippen molar-refractivity contribution in [2.24, 2.45) is 5.92 Å². The maximum atomic E-state index is 12.5. The molecule has 2 aliphatic rings. The summed E-state index contributed by atoms with van der Waals surface area (Å²) in [5.74, 6) is 0.705. The van der Waals surface area contributed by atoms with Gasteiger partial charge in [0.25, 0.3) is 0 Å². The molecule has 0 aliphatic carbocycles. The van der Waals surface area contributed by atoms with Crippen LogP contribution in [-0.4, -0.2) is 72.3 Å². The number of likely N-dealkylation sites (N-methyl/N-ethyl adjacent to an activating group) is 1. The molecule has 0 unspecified atom stereocenters. The van der Waals surface area contributed by atoms with Gasteiger partial charge in [-0.2, -0.15) is 0 Å². The van der Waals surface area contributed by atoms with E-state index in [1.54, 1.807) is 23.9 Å². The lowest BCUT2D eigenvalue weighted by Crippen LogP contribution is -2.61. The first-order valence-corrected chi connectivity index (χ1v) is 7.14. The number of hydrogen-bond donors (Lipinski definition) is 0. The molecule has 108 valence electrons. The van der Waals surface area contributed by atoms with Gasteiger partial charge >= 0.3 is 0 Å². The smallest absolute Gasteiger partial charge is 0.241 e. The Morgan fingerprint density at radius 1 is 1.42 bits per heavy atom. The van der Waals surface area contributed by atoms with E-state index in [9.17, 15) is 9.59 Å². The van der Waals surface area contributed by atoms with Gasteiger partial charge in [-0.25, -0.2) is 0 Å². The van der Waals surface area contributed by atoms with Crippen molar-refractivity contribution in [3.8, 4) is 0 Å². The molecule has 0 aromatic carbocycles. The molecule has 5 heteroatoms. The van der Waals surface area contributed by atoms with Gasteiger partial charge in [-0.15, -0.1) is 0 Å². The molecule has 2 rings (SSSR count). The standard InChI is InChI=1S/C14H25N3O2/c1-10(2)17-6-5-11-7-12(17)14(19)16(8-11)9-13(18)15(3)4/h10-12H,5-9H2,1-4H3/t11-,12+/m0/s1. The lowest BCUT2D eigenvalue weighted by molar-refractivity contribution is -0.151. The molecule has 2 bridgehead atoms. The van der Waals surface area contributed by atoms with E-state index in [0.717, 1.165) is 25.9 Å². The minimum Gasteiger partial charge on any atom is -0.347 e. The number of carbonyl (C=O) groups excluding carboxylic acids is 2. The first-order chi connectivity index (χ1) is 8.90. The maximum Gasteiger partial charge on any atom is 0.241 e. The van der Waals surface area contributed by atoms with Crippen LogP contribution in [0.3, 0.4) is 0 Å². The topological polar surface area (TPSA) is 43.9 Å². The van der Waals surface area contributed by atoms with Crippen molar-refractivity contribution in [2.45, 2.75) is 38.8 Å². The molecular weight excluding hydrogens is 242 g/mol. The molecule has 5 nitrogen and oxygen atoms in total. The fourth-order valence-corrected chi connectivity index (χ4v) is 3.14. The van der Waals surface area contributed by atoms with Gasteiger partial charge < -0.3 is 9.80 Å². The predicted molar refractivity (Wildman–Crippen MR) is 73.6 cm³/mol. The van der Waals surface area contributed by atoms with Crippen LogP contribution in [0.15, 0.2) is 0 Å². The molecular formula is C14H25N3O2. The molecule has 19 heavy (non-hydrogen) atoms. The Morgan fingerprint density at radius 2 is 2.11 bits per heavy atom. The molecule has 0 saturated carbocycles. The number of fused-ring (bicyclic) bond motifs is 2. The van der Waals surface area contributed by atoms with E-state index in [1.807, 2.05) is 0 Å². The van der Waals surface area contributed by atoms with E-state index in [-0.39, 0.29) is 24.4 Å². The summed E-state index contributed by atoms with van der Waals surface area (Å²) < 4.78 is 0. The second-order valence-electron chi connectivity index (χ2n) is 6.24. The molecule has 2 amide bonds. The largest absolute Gasteiger partial charge is 0.347 e. The number of rotatable bonds is 3. The van der Waals surface area contributed by atoms with Crippen molar-refractivity contribution in [1.29, 1.82) is 0 Å². The van der Waals surface area contributed by atoms with E-state index in [1.165, 1.54) is 0 Å². The molecule has 0 radical (unpaired) electrons. The number of carbonyl (C=O) groups is 2. The van der Waals surface area contributed by atoms with Gasteiger partial charge in [-0.3, -0.25) is 14.5 Å². The second-order valence-corrected chi connectivity index (χ2v) is 6.24. The van der Waals surface area contributed by atoms with Gasteiger partial charge in [0.05, 0.1) is 12.6 Å². The summed E-state index contributed by atoms with van der Waals surface area (Å²) in [6.45, 7) is 6.26. The minimum atomic E-state index is -0.0116. The van der Waals surface area contributed by atoms with Gasteiger partial charge in [-0.1, -0.05) is 0 Å². The van der Waals surface area contributed by atoms with Crippen LogP contribution in [0.1, 0.15) is 26.7 Å². The highest BCUT2D eigenvalue weighted by atomic mass is 16.2. The number of piperidine rings is 2. The first-order valence-electron chi connectivity index (χ1n) is 7.14. The van der Waals surface area contributed by atoms with Gasteiger partial charge in [-0.05, 0) is 39.2 Å². The van der Waals surface area contributed by atoms with E-state index in [2.05, 4.69) is 18.7 Å². The van der Waals surface area contributed by atoms with Gasteiger partial charge in [0.2, 0.25) is 11.8 Å². The number of amides is 2. The maximum absolute atomic E-state index is 12.5. The van der Waals surface area contributed by atoms with Crippen molar-refractivity contribution >= 4 is 11.8 Å². The molecule has 0 aromatic rings. The summed E-state index contributed by atoms with van der Waals surface area (Å²) in [5.41, 5.74) is 0. The summed E-state index contributed by atoms with van der Waals surface area (Å²) in [7, 11) is 3.47. The highest BCUT2D eigenvalue weighted by Crippen LogP contribution is 2.31. The monoisotopic (exact) mass is 267 g/mol. The lowest BCUT2D eigenvalue weighted by atomic mass is 9.85. The minimum absolute atomic E-state index is 0.00409. The van der Waals surface area contributed by atoms with Gasteiger partial charge in [0.15, 0.2) is 0 Å². The number of nitrogens with zero attached hydrogens (tertiary/aromatic N) is 3. The first kappa shape index (κ1) is 14.3. The second kappa shape index (κ2) is 5.49. The van der Waals surface area contributed by atoms with E-state index in [0.29, 0.717) is 12.0 Å². The fourth-order valence-electron chi connectivity index (χ4n) is 3.14. The Balaban J connectivity index is 2.08. The zero-order valence-electron chi connectivity index (χ0n) is 12.4. The van der Waals surface area contributed by atoms with Crippen molar-refractivity contribution in [3.63, 3.8) is 0 Å². The SMILES string of the molecule is CC(C)N1CC[C@H]2C[C@@H]1C(=O)N(CC(=O)N(C)C)C2. The Kier molecular flexibility index (Phi) is 4.13. The molecule has 2 saturated heterocycles. The van der Waals surface area contributed by atoms with Gasteiger partial charge in [0.1, 0.15) is 0 Å². The van der Waals surface area contributed by atoms with Gasteiger partial charge in [0, 0.05) is 26.7 Å². The molecule has 0 N–H and O–H groups in total. The third kappa shape index (κ3) is 2.91. The number of likely N-dealkylation sites (tertiary alicyclic amines) is 2. The summed E-state index contributed by atoms with van der Waals surface area (Å²) in [5, 5.41) is 0. The molecule has 2 heterocycles. The zero-order valence-corrected chi connectivity index (χ0v) is 12.4. The predicted octanol–water partition coefficient (Wildman–Crippen LogP) is 0.406. The third-order valence-corrected chi connectivity index (χ3v) is 4.32. The highest BCUT2D eigenvalue weighted by molar-refractivity contribution is 5.88. The molecule has 0 aromatic heterocycles. The van der Waals surface area contributed by atoms with Crippen LogP contribution >= 0.6 is 0 Å². The van der Waals surface area contributed by atoms with E-state index in [4.69, 9.17) is 0 Å². The lowest BCUT2D eigenvalue weighted by Gasteiger charge is -2.47. The molecule has 0 spiro atoms. The highest BCUT2D eigenvalue weighted by Gasteiger charge is 2.42. The van der Waals surface area contributed by atoms with Crippen LogP contribution in [0.2, 0.25) is 0 Å². The summed E-state index contributed by atoms with van der Waals surface area (Å²) in [6, 6.07) is 0.377. The Morgan fingerprint density at radius 3 is 2.68 bits per heavy atom. The number of hydrogen-bond acceptors (Lipinski definition) is 3. The molecule has 2 atom stereocenters. The Hall–Kier alpha value is -1.10. The Bertz CT molecular complexity index is 368. The van der Waals surface area contributed by atoms with Crippen LogP contribution in [0.4, 0.5) is 0 Å². The van der Waals surface area contributed by atoms with E-state index < -0.39 is 0 Å².